The average molecular weight is 552 g/mol. The van der Waals surface area contributed by atoms with Crippen LogP contribution >= 0.6 is 23.4 Å². The zero-order valence-electron chi connectivity index (χ0n) is 20.1. The lowest BCUT2D eigenvalue weighted by atomic mass is 9.85. The summed E-state index contributed by atoms with van der Waals surface area (Å²) in [5.74, 6) is 3.88. The number of carbonyl (C=O) groups is 1. The van der Waals surface area contributed by atoms with Crippen molar-refractivity contribution in [2.75, 3.05) is 12.4 Å². The Labute approximate surface area is 220 Å². The SMILES string of the molecule is Cc1cn(N)c(C(=O)N(CC[C@@H]2c3ccccc3SCc3cccc(Cl)c32)[C@H](C)C(F)(F)F)c(O)c1=O. The number of aromatic hydroxyl groups is 1. The van der Waals surface area contributed by atoms with Gasteiger partial charge in [0.25, 0.3) is 5.91 Å². The van der Waals surface area contributed by atoms with Gasteiger partial charge in [-0.3, -0.25) is 14.3 Å². The van der Waals surface area contributed by atoms with E-state index in [4.69, 9.17) is 17.4 Å². The molecule has 1 aromatic heterocycles. The van der Waals surface area contributed by atoms with Gasteiger partial charge in [-0.1, -0.05) is 41.9 Å². The lowest BCUT2D eigenvalue weighted by Crippen LogP contribution is -2.49. The van der Waals surface area contributed by atoms with Gasteiger partial charge in [-0.25, -0.2) is 0 Å². The molecule has 0 aliphatic carbocycles. The van der Waals surface area contributed by atoms with E-state index >= 15 is 0 Å². The normalized spacial score (nSPS) is 15.9. The zero-order valence-corrected chi connectivity index (χ0v) is 21.6. The number of hydrogen-bond acceptors (Lipinski definition) is 5. The molecule has 0 spiro atoms. The summed E-state index contributed by atoms with van der Waals surface area (Å²) in [6.07, 6.45) is -3.55. The smallest absolute Gasteiger partial charge is 0.408 e. The van der Waals surface area contributed by atoms with E-state index in [1.54, 1.807) is 17.8 Å². The fourth-order valence-electron chi connectivity index (χ4n) is 4.62. The summed E-state index contributed by atoms with van der Waals surface area (Å²) >= 11 is 8.21. The number of nitrogens with two attached hydrogens (primary N) is 1. The van der Waals surface area contributed by atoms with Crippen molar-refractivity contribution in [3.63, 3.8) is 0 Å². The zero-order chi connectivity index (χ0) is 27.1. The van der Waals surface area contributed by atoms with Crippen LogP contribution in [0.4, 0.5) is 13.2 Å². The molecular weight excluding hydrogens is 527 g/mol. The summed E-state index contributed by atoms with van der Waals surface area (Å²) in [6, 6.07) is 10.9. The summed E-state index contributed by atoms with van der Waals surface area (Å²) < 4.78 is 42.4. The van der Waals surface area contributed by atoms with E-state index in [0.717, 1.165) is 34.7 Å². The molecule has 3 N–H and O–H groups in total. The molecule has 2 atom stereocenters. The lowest BCUT2D eigenvalue weighted by molar-refractivity contribution is -0.172. The number of carbonyl (C=O) groups excluding carboxylic acids is 1. The van der Waals surface area contributed by atoms with Gasteiger partial charge in [0.15, 0.2) is 11.4 Å². The Kier molecular flexibility index (Phi) is 7.52. The van der Waals surface area contributed by atoms with E-state index in [1.165, 1.54) is 6.92 Å². The van der Waals surface area contributed by atoms with E-state index in [9.17, 15) is 27.9 Å². The molecule has 37 heavy (non-hydrogen) atoms. The Balaban J connectivity index is 1.78. The molecule has 0 saturated carbocycles. The number of aryl methyl sites for hydroxylation is 1. The number of pyridine rings is 1. The second kappa shape index (κ2) is 10.3. The molecule has 1 amide bonds. The highest BCUT2D eigenvalue weighted by Crippen LogP contribution is 2.45. The van der Waals surface area contributed by atoms with E-state index < -0.39 is 40.9 Å². The number of alkyl halides is 3. The molecule has 11 heteroatoms. The summed E-state index contributed by atoms with van der Waals surface area (Å²) in [5.41, 5.74) is 1.14. The Morgan fingerprint density at radius 3 is 2.68 bits per heavy atom. The van der Waals surface area contributed by atoms with Crippen molar-refractivity contribution in [3.8, 4) is 5.75 Å². The van der Waals surface area contributed by atoms with Crippen LogP contribution in [-0.4, -0.2) is 39.4 Å². The minimum Gasteiger partial charge on any atom is -0.502 e. The first-order valence-electron chi connectivity index (χ1n) is 11.5. The maximum atomic E-state index is 13.9. The molecule has 0 unspecified atom stereocenters. The van der Waals surface area contributed by atoms with Gasteiger partial charge in [-0.15, -0.1) is 11.8 Å². The number of hydrogen-bond donors (Lipinski definition) is 2. The van der Waals surface area contributed by atoms with E-state index in [2.05, 4.69) is 0 Å². The monoisotopic (exact) mass is 551 g/mol. The van der Waals surface area contributed by atoms with Crippen molar-refractivity contribution >= 4 is 29.3 Å². The van der Waals surface area contributed by atoms with Crippen LogP contribution in [0.3, 0.4) is 0 Å². The lowest BCUT2D eigenvalue weighted by Gasteiger charge is -2.33. The maximum absolute atomic E-state index is 13.9. The van der Waals surface area contributed by atoms with E-state index in [1.807, 2.05) is 36.4 Å². The number of nitrogens with zero attached hydrogens (tertiary/aromatic N) is 2. The van der Waals surface area contributed by atoms with Crippen LogP contribution in [0.25, 0.3) is 0 Å². The number of benzene rings is 2. The van der Waals surface area contributed by atoms with Gasteiger partial charge in [0.2, 0.25) is 5.43 Å². The number of thioether (sulfide) groups is 1. The van der Waals surface area contributed by atoms with Crippen molar-refractivity contribution in [1.82, 2.24) is 9.58 Å². The Morgan fingerprint density at radius 1 is 1.27 bits per heavy atom. The summed E-state index contributed by atoms with van der Waals surface area (Å²) in [5, 5.41) is 10.8. The fraction of sp³-hybridized carbons (Fsp3) is 0.308. The minimum absolute atomic E-state index is 0.0470. The first-order valence-corrected chi connectivity index (χ1v) is 12.8. The van der Waals surface area contributed by atoms with Gasteiger partial charge in [-0.05, 0) is 49.1 Å². The van der Waals surface area contributed by atoms with E-state index in [-0.39, 0.29) is 18.5 Å². The van der Waals surface area contributed by atoms with Crippen LogP contribution in [0.1, 0.15) is 52.0 Å². The largest absolute Gasteiger partial charge is 0.502 e. The topological polar surface area (TPSA) is 88.6 Å². The third-order valence-electron chi connectivity index (χ3n) is 6.62. The van der Waals surface area contributed by atoms with Crippen molar-refractivity contribution in [1.29, 1.82) is 0 Å². The third kappa shape index (κ3) is 5.17. The molecule has 0 saturated heterocycles. The van der Waals surface area contributed by atoms with Gasteiger partial charge >= 0.3 is 6.18 Å². The van der Waals surface area contributed by atoms with Crippen LogP contribution < -0.4 is 11.3 Å². The van der Waals surface area contributed by atoms with Gasteiger partial charge in [0, 0.05) is 39.9 Å². The highest BCUT2D eigenvalue weighted by Gasteiger charge is 2.43. The van der Waals surface area contributed by atoms with Crippen molar-refractivity contribution in [3.05, 3.63) is 91.9 Å². The van der Waals surface area contributed by atoms with Gasteiger partial charge in [-0.2, -0.15) is 13.2 Å². The van der Waals surface area contributed by atoms with Gasteiger partial charge in [0.1, 0.15) is 6.04 Å². The number of rotatable bonds is 5. The summed E-state index contributed by atoms with van der Waals surface area (Å²) in [4.78, 5) is 27.3. The number of aromatic nitrogens is 1. The Morgan fingerprint density at radius 2 is 1.97 bits per heavy atom. The predicted octanol–water partition coefficient (Wildman–Crippen LogP) is 5.45. The second-order valence-corrected chi connectivity index (χ2v) is 10.4. The highest BCUT2D eigenvalue weighted by atomic mass is 35.5. The summed E-state index contributed by atoms with van der Waals surface area (Å²) in [7, 11) is 0. The number of fused-ring (bicyclic) bond motifs is 2. The number of halogens is 4. The van der Waals surface area contributed by atoms with Crippen LogP contribution in [0, 0.1) is 6.92 Å². The third-order valence-corrected chi connectivity index (χ3v) is 8.09. The summed E-state index contributed by atoms with van der Waals surface area (Å²) in [6.45, 7) is 1.90. The van der Waals surface area contributed by atoms with Gasteiger partial charge in [0.05, 0.1) is 0 Å². The average Bonchev–Trinajstić information content (AvgIpc) is 3.00. The maximum Gasteiger partial charge on any atom is 0.408 e. The molecule has 1 aliphatic rings. The van der Waals surface area contributed by atoms with Crippen molar-refractivity contribution in [2.45, 2.75) is 49.1 Å². The molecule has 196 valence electrons. The molecule has 2 aromatic carbocycles. The molecular formula is C26H25ClF3N3O3S. The number of nitrogen functional groups attached to an aromatic ring is 1. The van der Waals surface area contributed by atoms with Crippen molar-refractivity contribution < 1.29 is 23.1 Å². The first-order chi connectivity index (χ1) is 17.4. The van der Waals surface area contributed by atoms with Crippen molar-refractivity contribution in [2.24, 2.45) is 0 Å². The predicted molar refractivity (Wildman–Crippen MR) is 138 cm³/mol. The number of amides is 1. The molecule has 0 bridgehead atoms. The highest BCUT2D eigenvalue weighted by molar-refractivity contribution is 7.98. The standard InChI is InChI=1S/C26H25ClF3N3O3S/c1-14-12-33(31)22(24(35)23(14)34)25(36)32(15(2)26(28,29)30)11-10-18-17-7-3-4-9-20(17)37-13-16-6-5-8-19(27)21(16)18/h3-9,12,15,18,35H,10-11,13,31H2,1-2H3/t15-,18-/m1/s1. The van der Waals surface area contributed by atoms with Crippen LogP contribution in [0.5, 0.6) is 5.75 Å². The minimum atomic E-state index is -4.76. The Hall–Kier alpha value is -3.11. The molecule has 6 nitrogen and oxygen atoms in total. The molecule has 4 rings (SSSR count). The molecule has 0 fully saturated rings. The van der Waals surface area contributed by atoms with Crippen LogP contribution in [0.2, 0.25) is 5.02 Å². The molecule has 0 radical (unpaired) electrons. The Bertz CT molecular complexity index is 1410. The fourth-order valence-corrected chi connectivity index (χ4v) is 6.06. The van der Waals surface area contributed by atoms with Crippen LogP contribution in [-0.2, 0) is 5.75 Å². The molecule has 1 aliphatic heterocycles. The second-order valence-electron chi connectivity index (χ2n) is 8.94. The quantitative estimate of drug-likeness (QED) is 0.412. The molecule has 3 aromatic rings. The first kappa shape index (κ1) is 26.9. The van der Waals surface area contributed by atoms with Gasteiger partial charge < -0.3 is 15.8 Å². The van der Waals surface area contributed by atoms with E-state index in [0.29, 0.717) is 20.4 Å². The van der Waals surface area contributed by atoms with Crippen LogP contribution in [0.15, 0.2) is 58.4 Å². The molecule has 2 heterocycles.